The quantitative estimate of drug-likeness (QED) is 0.556. The second-order valence-corrected chi connectivity index (χ2v) is 6.45. The van der Waals surface area contributed by atoms with Gasteiger partial charge in [0.15, 0.2) is 0 Å². The maximum Gasteiger partial charge on any atom is 0.235 e. The van der Waals surface area contributed by atoms with E-state index in [9.17, 15) is 9.59 Å². The number of isocyanates is 2. The third-order valence-corrected chi connectivity index (χ3v) is 4.01. The van der Waals surface area contributed by atoms with Crippen molar-refractivity contribution >= 4 is 12.2 Å². The van der Waals surface area contributed by atoms with Gasteiger partial charge in [0.05, 0.1) is 11.1 Å². The van der Waals surface area contributed by atoms with Crippen LogP contribution in [-0.2, 0) is 9.59 Å². The number of rotatable bonds is 5. The molecule has 1 saturated carbocycles. The zero-order chi connectivity index (χ0) is 13.8. The summed E-state index contributed by atoms with van der Waals surface area (Å²) < 4.78 is 0. The molecule has 0 radical (unpaired) electrons. The van der Waals surface area contributed by atoms with Crippen molar-refractivity contribution in [2.75, 3.05) is 0 Å². The highest BCUT2D eigenvalue weighted by atomic mass is 16.1. The molecule has 0 aliphatic heterocycles. The highest BCUT2D eigenvalue weighted by molar-refractivity contribution is 5.35. The van der Waals surface area contributed by atoms with Gasteiger partial charge >= 0.3 is 0 Å². The van der Waals surface area contributed by atoms with Crippen LogP contribution in [0.2, 0.25) is 0 Å². The van der Waals surface area contributed by atoms with Gasteiger partial charge in [-0.2, -0.15) is 9.98 Å². The molecule has 0 heterocycles. The summed E-state index contributed by atoms with van der Waals surface area (Å²) >= 11 is 0. The highest BCUT2D eigenvalue weighted by Crippen LogP contribution is 2.42. The first-order chi connectivity index (χ1) is 8.30. The van der Waals surface area contributed by atoms with Crippen LogP contribution in [0.15, 0.2) is 9.98 Å². The Kier molecular flexibility index (Phi) is 4.61. The third-order valence-electron chi connectivity index (χ3n) is 4.01. The maximum atomic E-state index is 10.4. The predicted molar refractivity (Wildman–Crippen MR) is 69.8 cm³/mol. The molecular weight excluding hydrogens is 228 g/mol. The normalized spacial score (nSPS) is 24.2. The van der Waals surface area contributed by atoms with E-state index in [0.29, 0.717) is 11.8 Å². The van der Waals surface area contributed by atoms with E-state index in [-0.39, 0.29) is 11.1 Å². The molecule has 1 aliphatic rings. The second-order valence-electron chi connectivity index (χ2n) is 6.45. The zero-order valence-electron chi connectivity index (χ0n) is 11.7. The summed E-state index contributed by atoms with van der Waals surface area (Å²) in [7, 11) is 0. The molecule has 100 valence electrons. The van der Waals surface area contributed by atoms with E-state index in [0.717, 1.165) is 25.7 Å². The van der Waals surface area contributed by atoms with Crippen molar-refractivity contribution < 1.29 is 9.59 Å². The third kappa shape index (κ3) is 3.90. The van der Waals surface area contributed by atoms with E-state index < -0.39 is 0 Å². The summed E-state index contributed by atoms with van der Waals surface area (Å²) in [5, 5.41) is 0. The van der Waals surface area contributed by atoms with Crippen LogP contribution in [0.1, 0.15) is 53.4 Å². The van der Waals surface area contributed by atoms with Crippen molar-refractivity contribution in [1.29, 1.82) is 0 Å². The van der Waals surface area contributed by atoms with Gasteiger partial charge in [-0.25, -0.2) is 9.59 Å². The fourth-order valence-electron chi connectivity index (χ4n) is 2.99. The summed E-state index contributed by atoms with van der Waals surface area (Å²) in [5.41, 5.74) is -0.659. The molecule has 0 N–H and O–H groups in total. The van der Waals surface area contributed by atoms with Crippen LogP contribution in [0.5, 0.6) is 0 Å². The summed E-state index contributed by atoms with van der Waals surface area (Å²) in [6, 6.07) is 0. The van der Waals surface area contributed by atoms with E-state index in [2.05, 4.69) is 9.98 Å². The van der Waals surface area contributed by atoms with Gasteiger partial charge in [0.1, 0.15) is 0 Å². The molecule has 18 heavy (non-hydrogen) atoms. The van der Waals surface area contributed by atoms with Crippen LogP contribution in [0.4, 0.5) is 0 Å². The number of hydrogen-bond acceptors (Lipinski definition) is 4. The van der Waals surface area contributed by atoms with Crippen LogP contribution < -0.4 is 0 Å². The molecule has 0 aromatic carbocycles. The van der Waals surface area contributed by atoms with Crippen LogP contribution in [0, 0.1) is 11.8 Å². The Hall–Kier alpha value is -1.24. The molecule has 1 aliphatic carbocycles. The molecule has 0 bridgehead atoms. The molecule has 2 atom stereocenters. The Labute approximate surface area is 109 Å². The fraction of sp³-hybridized carbons (Fsp3) is 0.857. The topological polar surface area (TPSA) is 58.9 Å². The van der Waals surface area contributed by atoms with Crippen LogP contribution in [0.25, 0.3) is 0 Å². The molecule has 4 heteroatoms. The number of aliphatic imine (C=N–C) groups is 2. The first-order valence-corrected chi connectivity index (χ1v) is 6.49. The lowest BCUT2D eigenvalue weighted by atomic mass is 9.84. The van der Waals surface area contributed by atoms with Gasteiger partial charge in [-0.05, 0) is 65.2 Å². The first-order valence-electron chi connectivity index (χ1n) is 6.49. The standard InChI is InChI=1S/C14H22N2O2/c1-13(2,15-9-17)8-11-5-6-12(7-11)14(3,4)16-10-18/h11-12H,5-8H2,1-4H3. The first kappa shape index (κ1) is 14.8. The van der Waals surface area contributed by atoms with Crippen molar-refractivity contribution in [3.05, 3.63) is 0 Å². The molecule has 0 aromatic heterocycles. The molecule has 2 unspecified atom stereocenters. The molecule has 0 aromatic rings. The Bertz CT molecular complexity index is 389. The van der Waals surface area contributed by atoms with E-state index in [4.69, 9.17) is 0 Å². The van der Waals surface area contributed by atoms with Gasteiger partial charge < -0.3 is 0 Å². The molecule has 0 amide bonds. The van der Waals surface area contributed by atoms with E-state index in [1.165, 1.54) is 0 Å². The van der Waals surface area contributed by atoms with Gasteiger partial charge in [0, 0.05) is 0 Å². The second kappa shape index (κ2) is 5.60. The predicted octanol–water partition coefficient (Wildman–Crippen LogP) is 3.02. The molecular formula is C14H22N2O2. The van der Waals surface area contributed by atoms with Crippen molar-refractivity contribution in [2.45, 2.75) is 64.5 Å². The number of nitrogens with zero attached hydrogens (tertiary/aromatic N) is 2. The summed E-state index contributed by atoms with van der Waals surface area (Å²) in [6.45, 7) is 7.89. The maximum absolute atomic E-state index is 10.4. The average Bonchev–Trinajstić information content (AvgIpc) is 2.65. The molecule has 1 rings (SSSR count). The van der Waals surface area contributed by atoms with Gasteiger partial charge in [0.2, 0.25) is 12.2 Å². The minimum Gasteiger partial charge on any atom is -0.211 e. The summed E-state index contributed by atoms with van der Waals surface area (Å²) in [5.74, 6) is 0.961. The molecule has 1 fully saturated rings. The minimum atomic E-state index is -0.334. The van der Waals surface area contributed by atoms with Crippen molar-refractivity contribution in [1.82, 2.24) is 0 Å². The summed E-state index contributed by atoms with van der Waals surface area (Å²) in [6.07, 6.45) is 7.43. The van der Waals surface area contributed by atoms with Gasteiger partial charge in [-0.1, -0.05) is 0 Å². The molecule has 0 saturated heterocycles. The SMILES string of the molecule is CC(C)(CC1CCC(C(C)(C)N=C=O)C1)N=C=O. The van der Waals surface area contributed by atoms with Gasteiger partial charge in [-0.15, -0.1) is 0 Å². The van der Waals surface area contributed by atoms with Crippen molar-refractivity contribution in [3.63, 3.8) is 0 Å². The Morgan fingerprint density at radius 1 is 1.06 bits per heavy atom. The lowest BCUT2D eigenvalue weighted by Gasteiger charge is -2.26. The Morgan fingerprint density at radius 3 is 2.22 bits per heavy atom. The largest absolute Gasteiger partial charge is 0.235 e. The monoisotopic (exact) mass is 250 g/mol. The van der Waals surface area contributed by atoms with E-state index in [1.54, 1.807) is 12.2 Å². The lowest BCUT2D eigenvalue weighted by Crippen LogP contribution is -2.27. The lowest BCUT2D eigenvalue weighted by molar-refractivity contribution is 0.300. The summed E-state index contributed by atoms with van der Waals surface area (Å²) in [4.78, 5) is 28.5. The number of carbonyl (C=O) groups excluding carboxylic acids is 2. The van der Waals surface area contributed by atoms with Crippen LogP contribution in [0.3, 0.4) is 0 Å². The van der Waals surface area contributed by atoms with E-state index in [1.807, 2.05) is 27.7 Å². The average molecular weight is 250 g/mol. The number of hydrogen-bond donors (Lipinski definition) is 0. The zero-order valence-corrected chi connectivity index (χ0v) is 11.7. The molecule has 4 nitrogen and oxygen atoms in total. The molecule has 0 spiro atoms. The smallest absolute Gasteiger partial charge is 0.211 e. The van der Waals surface area contributed by atoms with E-state index >= 15 is 0 Å². The Balaban J connectivity index is 2.62. The Morgan fingerprint density at radius 2 is 1.67 bits per heavy atom. The van der Waals surface area contributed by atoms with Crippen molar-refractivity contribution in [3.8, 4) is 0 Å². The van der Waals surface area contributed by atoms with Crippen molar-refractivity contribution in [2.24, 2.45) is 21.8 Å². The van der Waals surface area contributed by atoms with Gasteiger partial charge in [0.25, 0.3) is 0 Å². The fourth-order valence-corrected chi connectivity index (χ4v) is 2.99. The van der Waals surface area contributed by atoms with Crippen LogP contribution >= 0.6 is 0 Å². The minimum absolute atomic E-state index is 0.325. The highest BCUT2D eigenvalue weighted by Gasteiger charge is 2.37. The van der Waals surface area contributed by atoms with Gasteiger partial charge in [-0.3, -0.25) is 0 Å². The van der Waals surface area contributed by atoms with Crippen LogP contribution in [-0.4, -0.2) is 23.2 Å².